The molecule has 0 amide bonds. The molecular formula is C10H12Cl2N2O3S2. The number of hydrogen-bond donors (Lipinski definition) is 1. The van der Waals surface area contributed by atoms with Gasteiger partial charge in [0.1, 0.15) is 4.90 Å². The second kappa shape index (κ2) is 5.57. The van der Waals surface area contributed by atoms with Crippen molar-refractivity contribution < 1.29 is 12.6 Å². The molecule has 2 rings (SSSR count). The van der Waals surface area contributed by atoms with Crippen LogP contribution in [-0.2, 0) is 20.8 Å². The van der Waals surface area contributed by atoms with Crippen LogP contribution in [0.4, 0.5) is 5.69 Å². The van der Waals surface area contributed by atoms with E-state index in [1.54, 1.807) is 0 Å². The Morgan fingerprint density at radius 2 is 1.79 bits per heavy atom. The van der Waals surface area contributed by atoms with Crippen LogP contribution in [0.15, 0.2) is 17.0 Å². The highest BCUT2D eigenvalue weighted by atomic mass is 35.5. The highest BCUT2D eigenvalue weighted by molar-refractivity contribution is 7.89. The molecule has 0 saturated carbocycles. The average molecular weight is 343 g/mol. The molecule has 0 spiro atoms. The number of anilines is 1. The van der Waals surface area contributed by atoms with Crippen molar-refractivity contribution in [3.8, 4) is 0 Å². The monoisotopic (exact) mass is 342 g/mol. The normalized spacial score (nSPS) is 18.6. The lowest BCUT2D eigenvalue weighted by Crippen LogP contribution is -2.41. The molecule has 1 aromatic carbocycles. The molecule has 0 aliphatic carbocycles. The van der Waals surface area contributed by atoms with Crippen LogP contribution >= 0.6 is 23.2 Å². The van der Waals surface area contributed by atoms with Crippen molar-refractivity contribution in [3.63, 3.8) is 0 Å². The summed E-state index contributed by atoms with van der Waals surface area (Å²) in [6.07, 6.45) is 0. The van der Waals surface area contributed by atoms with E-state index in [0.29, 0.717) is 11.5 Å². The fraction of sp³-hybridized carbons (Fsp3) is 0.400. The largest absolute Gasteiger partial charge is 0.396 e. The standard InChI is InChI=1S/C10H12Cl2N2O3S2/c11-7-1-2-8(9(12)10(7)13)19(16,17)14-3-5-18(15)6-4-14/h1-2H,3-6,13H2. The van der Waals surface area contributed by atoms with E-state index in [1.807, 2.05) is 0 Å². The van der Waals surface area contributed by atoms with Crippen molar-refractivity contribution in [2.45, 2.75) is 4.90 Å². The van der Waals surface area contributed by atoms with E-state index in [1.165, 1.54) is 16.4 Å². The Bertz CT molecular complexity index is 624. The molecule has 1 heterocycles. The smallest absolute Gasteiger partial charge is 0.244 e. The van der Waals surface area contributed by atoms with E-state index in [2.05, 4.69) is 0 Å². The number of hydrogen-bond acceptors (Lipinski definition) is 4. The van der Waals surface area contributed by atoms with Gasteiger partial charge in [-0.2, -0.15) is 4.31 Å². The molecule has 5 nitrogen and oxygen atoms in total. The highest BCUT2D eigenvalue weighted by Crippen LogP contribution is 2.34. The zero-order valence-electron chi connectivity index (χ0n) is 9.80. The van der Waals surface area contributed by atoms with Crippen LogP contribution < -0.4 is 5.73 Å². The molecule has 1 fully saturated rings. The minimum atomic E-state index is -3.73. The lowest BCUT2D eigenvalue weighted by Gasteiger charge is -2.26. The third-order valence-electron chi connectivity index (χ3n) is 2.85. The zero-order chi connectivity index (χ0) is 14.2. The lowest BCUT2D eigenvalue weighted by atomic mass is 10.3. The molecule has 106 valence electrons. The average Bonchev–Trinajstić information content (AvgIpc) is 2.36. The van der Waals surface area contributed by atoms with Gasteiger partial charge in [0.2, 0.25) is 10.0 Å². The molecule has 0 atom stereocenters. The molecule has 0 unspecified atom stereocenters. The molecule has 0 bridgehead atoms. The van der Waals surface area contributed by atoms with Gasteiger partial charge < -0.3 is 5.73 Å². The Kier molecular flexibility index (Phi) is 4.42. The molecule has 0 aromatic heterocycles. The Morgan fingerprint density at radius 1 is 1.21 bits per heavy atom. The summed E-state index contributed by atoms with van der Waals surface area (Å²) >= 11 is 11.7. The van der Waals surface area contributed by atoms with Gasteiger partial charge in [-0.25, -0.2) is 8.42 Å². The summed E-state index contributed by atoms with van der Waals surface area (Å²) in [5, 5.41) is 0.142. The molecule has 2 N–H and O–H groups in total. The SMILES string of the molecule is Nc1c(Cl)ccc(S(=O)(=O)N2CCS(=O)CC2)c1Cl. The summed E-state index contributed by atoms with van der Waals surface area (Å²) in [6.45, 7) is 0.432. The van der Waals surface area contributed by atoms with Crippen LogP contribution in [0.5, 0.6) is 0 Å². The van der Waals surface area contributed by atoms with Gasteiger partial charge in [0.15, 0.2) is 0 Å². The Hall–Kier alpha value is -0.340. The molecule has 1 saturated heterocycles. The van der Waals surface area contributed by atoms with Crippen molar-refractivity contribution in [2.24, 2.45) is 0 Å². The first-order valence-corrected chi connectivity index (χ1v) is 9.11. The Morgan fingerprint density at radius 3 is 2.37 bits per heavy atom. The summed E-state index contributed by atoms with van der Waals surface area (Å²) < 4.78 is 37.4. The van der Waals surface area contributed by atoms with Gasteiger partial charge >= 0.3 is 0 Å². The summed E-state index contributed by atoms with van der Waals surface area (Å²) in [5.41, 5.74) is 5.68. The molecule has 0 radical (unpaired) electrons. The van der Waals surface area contributed by atoms with E-state index in [4.69, 9.17) is 28.9 Å². The number of halogens is 2. The van der Waals surface area contributed by atoms with Crippen LogP contribution in [0, 0.1) is 0 Å². The van der Waals surface area contributed by atoms with Gasteiger partial charge in [-0.05, 0) is 12.1 Å². The van der Waals surface area contributed by atoms with Crippen molar-refractivity contribution >= 4 is 49.7 Å². The molecular weight excluding hydrogens is 331 g/mol. The van der Waals surface area contributed by atoms with E-state index in [-0.39, 0.29) is 33.7 Å². The molecule has 1 aromatic rings. The number of rotatable bonds is 2. The quantitative estimate of drug-likeness (QED) is 0.822. The number of nitrogen functional groups attached to an aromatic ring is 1. The first kappa shape index (κ1) is 15.1. The highest BCUT2D eigenvalue weighted by Gasteiger charge is 2.30. The molecule has 19 heavy (non-hydrogen) atoms. The van der Waals surface area contributed by atoms with Gasteiger partial charge in [-0.1, -0.05) is 23.2 Å². The van der Waals surface area contributed by atoms with Crippen LogP contribution in [0.25, 0.3) is 0 Å². The first-order valence-electron chi connectivity index (χ1n) is 5.42. The molecule has 1 aliphatic heterocycles. The minimum absolute atomic E-state index is 0.0463. The van der Waals surface area contributed by atoms with Gasteiger partial charge in [-0.15, -0.1) is 0 Å². The predicted octanol–water partition coefficient (Wildman–Crippen LogP) is 1.33. The predicted molar refractivity (Wildman–Crippen MR) is 77.5 cm³/mol. The maximum Gasteiger partial charge on any atom is 0.244 e. The lowest BCUT2D eigenvalue weighted by molar-refractivity contribution is 0.439. The summed E-state index contributed by atoms with van der Waals surface area (Å²) in [5.74, 6) is 0.667. The van der Waals surface area contributed by atoms with E-state index in [0.717, 1.165) is 0 Å². The minimum Gasteiger partial charge on any atom is -0.396 e. The van der Waals surface area contributed by atoms with Crippen LogP contribution in [0.1, 0.15) is 0 Å². The Labute approximate surface area is 124 Å². The van der Waals surface area contributed by atoms with Crippen LogP contribution in [0.2, 0.25) is 10.0 Å². The van der Waals surface area contributed by atoms with Gasteiger partial charge in [0.05, 0.1) is 15.7 Å². The number of nitrogens with two attached hydrogens (primary N) is 1. The molecule has 1 aliphatic rings. The van der Waals surface area contributed by atoms with E-state index in [9.17, 15) is 12.6 Å². The summed E-state index contributed by atoms with van der Waals surface area (Å²) in [6, 6.07) is 2.74. The second-order valence-electron chi connectivity index (χ2n) is 4.03. The first-order chi connectivity index (χ1) is 8.84. The second-order valence-corrected chi connectivity index (χ2v) is 8.41. The maximum absolute atomic E-state index is 12.4. The van der Waals surface area contributed by atoms with E-state index >= 15 is 0 Å². The van der Waals surface area contributed by atoms with Gasteiger partial charge in [0, 0.05) is 35.4 Å². The fourth-order valence-electron chi connectivity index (χ4n) is 1.75. The van der Waals surface area contributed by atoms with Crippen molar-refractivity contribution in [2.75, 3.05) is 30.3 Å². The van der Waals surface area contributed by atoms with Crippen molar-refractivity contribution in [3.05, 3.63) is 22.2 Å². The zero-order valence-corrected chi connectivity index (χ0v) is 12.9. The van der Waals surface area contributed by atoms with Crippen molar-refractivity contribution in [1.82, 2.24) is 4.31 Å². The topological polar surface area (TPSA) is 80.5 Å². The number of nitrogens with zero attached hydrogens (tertiary/aromatic N) is 1. The summed E-state index contributed by atoms with van der Waals surface area (Å²) in [7, 11) is -4.68. The maximum atomic E-state index is 12.4. The van der Waals surface area contributed by atoms with Crippen molar-refractivity contribution in [1.29, 1.82) is 0 Å². The van der Waals surface area contributed by atoms with Crippen LogP contribution in [0.3, 0.4) is 0 Å². The third-order valence-corrected chi connectivity index (χ3v) is 6.91. The third kappa shape index (κ3) is 2.90. The van der Waals surface area contributed by atoms with Gasteiger partial charge in [0.25, 0.3) is 0 Å². The summed E-state index contributed by atoms with van der Waals surface area (Å²) in [4.78, 5) is -0.0660. The van der Waals surface area contributed by atoms with Gasteiger partial charge in [-0.3, -0.25) is 4.21 Å². The fourth-order valence-corrected chi connectivity index (χ4v) is 5.21. The number of sulfonamides is 1. The number of benzene rings is 1. The Balaban J connectivity index is 2.40. The van der Waals surface area contributed by atoms with Crippen LogP contribution in [-0.4, -0.2) is 41.5 Å². The van der Waals surface area contributed by atoms with E-state index < -0.39 is 20.8 Å². The molecule has 9 heteroatoms.